The lowest BCUT2D eigenvalue weighted by Gasteiger charge is -2.19. The van der Waals surface area contributed by atoms with Crippen molar-refractivity contribution in [1.29, 1.82) is 0 Å². The molecule has 0 aromatic rings. The molecule has 2 unspecified atom stereocenters. The number of carbonyl (C=O) groups excluding carboxylic acids is 2. The van der Waals surface area contributed by atoms with Crippen molar-refractivity contribution in [2.75, 3.05) is 0 Å². The highest BCUT2D eigenvalue weighted by atomic mass is 16.6. The van der Waals surface area contributed by atoms with E-state index in [-0.39, 0.29) is 18.1 Å². The normalized spacial score (nSPS) is 25.6. The second-order valence-electron chi connectivity index (χ2n) is 6.84. The summed E-state index contributed by atoms with van der Waals surface area (Å²) in [7, 11) is 0. The van der Waals surface area contributed by atoms with Crippen LogP contribution in [0.3, 0.4) is 0 Å². The molecular formula is C15H25N3O4. The van der Waals surface area contributed by atoms with E-state index >= 15 is 0 Å². The van der Waals surface area contributed by atoms with E-state index in [0.29, 0.717) is 25.1 Å². The van der Waals surface area contributed by atoms with Gasteiger partial charge in [-0.3, -0.25) is 10.1 Å². The minimum atomic E-state index is -0.547. The number of oxime groups is 1. The standard InChI is InChI=1S/C15H25N3O4/c1-15(2,3)21-14(20)17-12-9-11(22-18-12)8-10-6-4-5-7-13(19)16-10/h10-11H,4-9H2,1-3H3,(H,16,19)(H,17,18,20). The van der Waals surface area contributed by atoms with Crippen LogP contribution in [0.2, 0.25) is 0 Å². The highest BCUT2D eigenvalue weighted by molar-refractivity contribution is 5.95. The Morgan fingerprint density at radius 1 is 1.45 bits per heavy atom. The van der Waals surface area contributed by atoms with E-state index in [2.05, 4.69) is 15.8 Å². The molecule has 2 atom stereocenters. The zero-order valence-corrected chi connectivity index (χ0v) is 13.5. The van der Waals surface area contributed by atoms with Crippen LogP contribution in [0, 0.1) is 0 Å². The monoisotopic (exact) mass is 311 g/mol. The minimum absolute atomic E-state index is 0.105. The van der Waals surface area contributed by atoms with Crippen molar-refractivity contribution >= 4 is 17.8 Å². The van der Waals surface area contributed by atoms with Crippen molar-refractivity contribution in [3.05, 3.63) is 0 Å². The average molecular weight is 311 g/mol. The molecule has 2 aliphatic rings. The Balaban J connectivity index is 1.74. The molecule has 7 nitrogen and oxygen atoms in total. The van der Waals surface area contributed by atoms with E-state index in [9.17, 15) is 9.59 Å². The molecule has 2 rings (SSSR count). The molecule has 0 aromatic carbocycles. The van der Waals surface area contributed by atoms with E-state index in [4.69, 9.17) is 9.57 Å². The fourth-order valence-electron chi connectivity index (χ4n) is 2.59. The molecule has 2 N–H and O–H groups in total. The van der Waals surface area contributed by atoms with Gasteiger partial charge in [0.15, 0.2) is 5.84 Å². The second kappa shape index (κ2) is 6.98. The van der Waals surface area contributed by atoms with Crippen LogP contribution in [0.25, 0.3) is 0 Å². The van der Waals surface area contributed by atoms with E-state index in [1.807, 2.05) is 0 Å². The lowest BCUT2D eigenvalue weighted by atomic mass is 10.0. The van der Waals surface area contributed by atoms with Crippen LogP contribution < -0.4 is 10.6 Å². The number of nitrogens with zero attached hydrogens (tertiary/aromatic N) is 1. The third kappa shape index (κ3) is 5.54. The van der Waals surface area contributed by atoms with Crippen LogP contribution in [0.1, 0.15) is 59.3 Å². The summed E-state index contributed by atoms with van der Waals surface area (Å²) >= 11 is 0. The Morgan fingerprint density at radius 2 is 2.23 bits per heavy atom. The summed E-state index contributed by atoms with van der Waals surface area (Å²) < 4.78 is 5.17. The fraction of sp³-hybridized carbons (Fsp3) is 0.800. The lowest BCUT2D eigenvalue weighted by Crippen LogP contribution is -2.37. The minimum Gasteiger partial charge on any atom is -0.444 e. The van der Waals surface area contributed by atoms with Gasteiger partial charge in [-0.05, 0) is 33.6 Å². The molecule has 2 amide bonds. The Morgan fingerprint density at radius 3 is 2.95 bits per heavy atom. The number of nitrogens with one attached hydrogen (secondary N) is 2. The van der Waals surface area contributed by atoms with Crippen molar-refractivity contribution in [2.45, 2.75) is 77.0 Å². The average Bonchev–Trinajstić information content (AvgIpc) is 2.68. The summed E-state index contributed by atoms with van der Waals surface area (Å²) in [4.78, 5) is 28.6. The first-order chi connectivity index (χ1) is 10.3. The fourth-order valence-corrected chi connectivity index (χ4v) is 2.59. The topological polar surface area (TPSA) is 89.0 Å². The maximum absolute atomic E-state index is 11.7. The molecule has 2 heterocycles. The Kier molecular flexibility index (Phi) is 5.26. The maximum atomic E-state index is 11.7. The highest BCUT2D eigenvalue weighted by Gasteiger charge is 2.28. The van der Waals surface area contributed by atoms with E-state index in [1.54, 1.807) is 20.8 Å². The molecule has 124 valence electrons. The molecule has 0 aromatic heterocycles. The number of hydrogen-bond donors (Lipinski definition) is 2. The van der Waals surface area contributed by atoms with Gasteiger partial charge in [0.1, 0.15) is 11.7 Å². The van der Waals surface area contributed by atoms with Crippen LogP contribution in [0.5, 0.6) is 0 Å². The maximum Gasteiger partial charge on any atom is 0.413 e. The predicted octanol–water partition coefficient (Wildman–Crippen LogP) is 2.06. The molecule has 0 spiro atoms. The molecule has 22 heavy (non-hydrogen) atoms. The largest absolute Gasteiger partial charge is 0.444 e. The molecule has 0 bridgehead atoms. The van der Waals surface area contributed by atoms with Gasteiger partial charge in [0.05, 0.1) is 0 Å². The molecule has 2 aliphatic heterocycles. The number of rotatable bonds is 2. The third-order valence-corrected chi connectivity index (χ3v) is 3.50. The molecular weight excluding hydrogens is 286 g/mol. The third-order valence-electron chi connectivity index (χ3n) is 3.50. The van der Waals surface area contributed by atoms with Gasteiger partial charge in [-0.2, -0.15) is 0 Å². The number of ether oxygens (including phenoxy) is 1. The van der Waals surface area contributed by atoms with Gasteiger partial charge >= 0.3 is 6.09 Å². The number of alkyl carbamates (subject to hydrolysis) is 1. The van der Waals surface area contributed by atoms with Gasteiger partial charge in [0, 0.05) is 25.3 Å². The van der Waals surface area contributed by atoms with Crippen LogP contribution in [-0.2, 0) is 14.4 Å². The van der Waals surface area contributed by atoms with Crippen LogP contribution in [0.4, 0.5) is 4.79 Å². The highest BCUT2D eigenvalue weighted by Crippen LogP contribution is 2.20. The van der Waals surface area contributed by atoms with Crippen molar-refractivity contribution in [3.8, 4) is 0 Å². The van der Waals surface area contributed by atoms with Crippen LogP contribution >= 0.6 is 0 Å². The first-order valence-electron chi connectivity index (χ1n) is 7.84. The lowest BCUT2D eigenvalue weighted by molar-refractivity contribution is -0.121. The SMILES string of the molecule is CC(C)(C)OC(=O)NC1=NOC(CC2CCCCC(=O)N2)C1. The molecule has 1 fully saturated rings. The smallest absolute Gasteiger partial charge is 0.413 e. The molecule has 0 aliphatic carbocycles. The van der Waals surface area contributed by atoms with Crippen LogP contribution in [0.15, 0.2) is 5.16 Å². The van der Waals surface area contributed by atoms with Gasteiger partial charge in [-0.1, -0.05) is 11.6 Å². The van der Waals surface area contributed by atoms with Gasteiger partial charge in [-0.25, -0.2) is 4.79 Å². The zero-order valence-electron chi connectivity index (χ0n) is 13.5. The zero-order chi connectivity index (χ0) is 16.2. The van der Waals surface area contributed by atoms with Gasteiger partial charge < -0.3 is 14.9 Å². The predicted molar refractivity (Wildman–Crippen MR) is 81.3 cm³/mol. The molecule has 0 saturated carbocycles. The number of hydrogen-bond acceptors (Lipinski definition) is 5. The van der Waals surface area contributed by atoms with E-state index in [0.717, 1.165) is 19.3 Å². The van der Waals surface area contributed by atoms with Crippen molar-refractivity contribution in [3.63, 3.8) is 0 Å². The summed E-state index contributed by atoms with van der Waals surface area (Å²) in [5.74, 6) is 0.577. The quantitative estimate of drug-likeness (QED) is 0.817. The summed E-state index contributed by atoms with van der Waals surface area (Å²) in [5, 5.41) is 9.50. The molecule has 0 radical (unpaired) electrons. The van der Waals surface area contributed by atoms with E-state index in [1.165, 1.54) is 0 Å². The summed E-state index contributed by atoms with van der Waals surface area (Å²) in [6.45, 7) is 5.41. The summed E-state index contributed by atoms with van der Waals surface area (Å²) in [5.41, 5.74) is -0.547. The first kappa shape index (κ1) is 16.6. The Bertz CT molecular complexity index is 456. The van der Waals surface area contributed by atoms with Gasteiger partial charge in [0.2, 0.25) is 5.91 Å². The number of amides is 2. The van der Waals surface area contributed by atoms with Crippen molar-refractivity contribution in [2.24, 2.45) is 5.16 Å². The summed E-state index contributed by atoms with van der Waals surface area (Å²) in [6, 6.07) is 0.121. The van der Waals surface area contributed by atoms with E-state index < -0.39 is 11.7 Å². The van der Waals surface area contributed by atoms with Crippen molar-refractivity contribution in [1.82, 2.24) is 10.6 Å². The summed E-state index contributed by atoms with van der Waals surface area (Å²) in [6.07, 6.45) is 4.12. The Labute approximate surface area is 130 Å². The molecule has 7 heteroatoms. The first-order valence-corrected chi connectivity index (χ1v) is 7.84. The van der Waals surface area contributed by atoms with Gasteiger partial charge in [0.25, 0.3) is 0 Å². The second-order valence-corrected chi connectivity index (χ2v) is 6.84. The number of carbonyl (C=O) groups is 2. The molecule has 1 saturated heterocycles. The Hall–Kier alpha value is -1.79. The van der Waals surface area contributed by atoms with Crippen LogP contribution in [-0.4, -0.2) is 35.6 Å². The van der Waals surface area contributed by atoms with Gasteiger partial charge in [-0.15, -0.1) is 0 Å². The number of amidine groups is 1. The van der Waals surface area contributed by atoms with Crippen molar-refractivity contribution < 1.29 is 19.2 Å².